The van der Waals surface area contributed by atoms with Gasteiger partial charge in [-0.3, -0.25) is 9.69 Å². The fourth-order valence-corrected chi connectivity index (χ4v) is 3.16. The van der Waals surface area contributed by atoms with Gasteiger partial charge >= 0.3 is 0 Å². The number of carbonyl (C=O) groups excluding carboxylic acids is 1. The van der Waals surface area contributed by atoms with Crippen LogP contribution in [0.4, 0.5) is 5.69 Å². The van der Waals surface area contributed by atoms with Crippen LogP contribution in [0.3, 0.4) is 0 Å². The number of nitrogens with one attached hydrogen (secondary N) is 1. The van der Waals surface area contributed by atoms with E-state index >= 15 is 0 Å². The minimum Gasteiger partial charge on any atom is -0.338 e. The number of nitrogens with zero attached hydrogens (tertiary/aromatic N) is 3. The number of amides is 1. The predicted octanol–water partition coefficient (Wildman–Crippen LogP) is 3.84. The lowest BCUT2D eigenvalue weighted by Crippen LogP contribution is -2.30. The topological polar surface area (TPSA) is 71.3 Å². The number of rotatable bonds is 7. The number of likely N-dealkylation sites (N-methyl/N-ethyl adjacent to an activating group) is 1. The van der Waals surface area contributed by atoms with Gasteiger partial charge in [0.15, 0.2) is 0 Å². The molecule has 0 aliphatic rings. The number of benzene rings is 2. The summed E-state index contributed by atoms with van der Waals surface area (Å²) in [4.78, 5) is 19.6. The van der Waals surface area contributed by atoms with E-state index in [-0.39, 0.29) is 12.5 Å². The molecule has 3 rings (SSSR count). The van der Waals surface area contributed by atoms with E-state index in [1.165, 1.54) is 5.56 Å². The SMILES string of the molecule is CSc1ccccc1NC(=O)CN(C)Cc1nc(-c2ccc(C)cc2)no1. The summed E-state index contributed by atoms with van der Waals surface area (Å²) in [5, 5.41) is 6.97. The van der Waals surface area contributed by atoms with Crippen LogP contribution in [-0.2, 0) is 11.3 Å². The third-order valence-corrected chi connectivity index (χ3v) is 4.77. The molecule has 0 saturated heterocycles. The largest absolute Gasteiger partial charge is 0.338 e. The molecule has 0 unspecified atom stereocenters. The molecule has 27 heavy (non-hydrogen) atoms. The summed E-state index contributed by atoms with van der Waals surface area (Å²) in [7, 11) is 1.84. The van der Waals surface area contributed by atoms with Gasteiger partial charge in [0, 0.05) is 10.5 Å². The van der Waals surface area contributed by atoms with Crippen molar-refractivity contribution < 1.29 is 9.32 Å². The lowest BCUT2D eigenvalue weighted by atomic mass is 10.1. The van der Waals surface area contributed by atoms with Gasteiger partial charge in [-0.05, 0) is 32.4 Å². The molecule has 140 valence electrons. The number of aromatic nitrogens is 2. The van der Waals surface area contributed by atoms with Gasteiger partial charge in [-0.25, -0.2) is 0 Å². The Bertz CT molecular complexity index is 908. The van der Waals surface area contributed by atoms with Crippen molar-refractivity contribution in [2.24, 2.45) is 0 Å². The molecule has 0 aliphatic heterocycles. The Morgan fingerprint density at radius 3 is 2.67 bits per heavy atom. The maximum atomic E-state index is 12.3. The number of para-hydroxylation sites is 1. The zero-order chi connectivity index (χ0) is 19.2. The Balaban J connectivity index is 1.57. The first-order chi connectivity index (χ1) is 13.0. The number of hydrogen-bond donors (Lipinski definition) is 1. The second-order valence-electron chi connectivity index (χ2n) is 6.30. The van der Waals surface area contributed by atoms with Crippen LogP contribution < -0.4 is 5.32 Å². The van der Waals surface area contributed by atoms with Gasteiger partial charge in [-0.15, -0.1) is 11.8 Å². The van der Waals surface area contributed by atoms with Crippen molar-refractivity contribution in [2.75, 3.05) is 25.2 Å². The third-order valence-electron chi connectivity index (χ3n) is 3.98. The van der Waals surface area contributed by atoms with Crippen LogP contribution in [0.2, 0.25) is 0 Å². The maximum absolute atomic E-state index is 12.3. The van der Waals surface area contributed by atoms with Gasteiger partial charge in [0.25, 0.3) is 0 Å². The zero-order valence-corrected chi connectivity index (χ0v) is 16.4. The molecular formula is C20H22N4O2S. The van der Waals surface area contributed by atoms with Gasteiger partial charge in [-0.1, -0.05) is 47.1 Å². The zero-order valence-electron chi connectivity index (χ0n) is 15.6. The van der Waals surface area contributed by atoms with Gasteiger partial charge in [-0.2, -0.15) is 4.98 Å². The highest BCUT2D eigenvalue weighted by atomic mass is 32.2. The first-order valence-electron chi connectivity index (χ1n) is 8.56. The summed E-state index contributed by atoms with van der Waals surface area (Å²) in [6.07, 6.45) is 1.98. The van der Waals surface area contributed by atoms with Crippen molar-refractivity contribution in [3.63, 3.8) is 0 Å². The maximum Gasteiger partial charge on any atom is 0.241 e. The Morgan fingerprint density at radius 2 is 1.93 bits per heavy atom. The third kappa shape index (κ3) is 5.18. The molecule has 3 aromatic rings. The average Bonchev–Trinajstić information content (AvgIpc) is 3.10. The minimum atomic E-state index is -0.0859. The lowest BCUT2D eigenvalue weighted by molar-refractivity contribution is -0.117. The van der Waals surface area contributed by atoms with Crippen molar-refractivity contribution in [1.29, 1.82) is 0 Å². The fourth-order valence-electron chi connectivity index (χ4n) is 2.61. The van der Waals surface area contributed by atoms with E-state index in [4.69, 9.17) is 4.52 Å². The second kappa shape index (κ2) is 8.83. The standard InChI is InChI=1S/C20H22N4O2S/c1-14-8-10-15(11-9-14)20-22-19(26-23-20)13-24(2)12-18(25)21-16-6-4-5-7-17(16)27-3/h4-11H,12-13H2,1-3H3,(H,21,25). The molecule has 0 aliphatic carbocycles. The molecule has 0 spiro atoms. The monoisotopic (exact) mass is 382 g/mol. The highest BCUT2D eigenvalue weighted by Crippen LogP contribution is 2.24. The normalized spacial score (nSPS) is 11.0. The Morgan fingerprint density at radius 1 is 1.19 bits per heavy atom. The summed E-state index contributed by atoms with van der Waals surface area (Å²) in [6.45, 7) is 2.66. The molecule has 0 saturated carbocycles. The Labute approximate surface area is 163 Å². The Kier molecular flexibility index (Phi) is 6.26. The van der Waals surface area contributed by atoms with E-state index in [1.54, 1.807) is 11.8 Å². The average molecular weight is 382 g/mol. The fraction of sp³-hybridized carbons (Fsp3) is 0.250. The van der Waals surface area contributed by atoms with E-state index in [0.717, 1.165) is 16.1 Å². The molecule has 1 N–H and O–H groups in total. The summed E-state index contributed by atoms with van der Waals surface area (Å²) < 4.78 is 5.32. The first kappa shape index (κ1) is 19.1. The molecule has 0 fully saturated rings. The van der Waals surface area contributed by atoms with E-state index in [2.05, 4.69) is 15.5 Å². The van der Waals surface area contributed by atoms with Gasteiger partial charge in [0.05, 0.1) is 18.8 Å². The molecule has 0 atom stereocenters. The number of carbonyl (C=O) groups is 1. The van der Waals surface area contributed by atoms with E-state index in [0.29, 0.717) is 18.3 Å². The van der Waals surface area contributed by atoms with Crippen LogP contribution in [0.25, 0.3) is 11.4 Å². The summed E-state index contributed by atoms with van der Waals surface area (Å²) >= 11 is 1.60. The van der Waals surface area contributed by atoms with E-state index < -0.39 is 0 Å². The van der Waals surface area contributed by atoms with Crippen molar-refractivity contribution in [2.45, 2.75) is 18.4 Å². The number of anilines is 1. The van der Waals surface area contributed by atoms with Crippen molar-refractivity contribution in [1.82, 2.24) is 15.0 Å². The smallest absolute Gasteiger partial charge is 0.241 e. The molecule has 6 nitrogen and oxygen atoms in total. The second-order valence-corrected chi connectivity index (χ2v) is 7.15. The number of hydrogen-bond acceptors (Lipinski definition) is 6. The molecule has 2 aromatic carbocycles. The number of aryl methyl sites for hydroxylation is 1. The minimum absolute atomic E-state index is 0.0859. The van der Waals surface area contributed by atoms with Crippen LogP contribution in [0.5, 0.6) is 0 Å². The van der Waals surface area contributed by atoms with Crippen molar-refractivity contribution in [3.05, 3.63) is 60.0 Å². The molecule has 0 bridgehead atoms. The molecule has 1 amide bonds. The van der Waals surface area contributed by atoms with Crippen molar-refractivity contribution >= 4 is 23.4 Å². The van der Waals surface area contributed by atoms with Crippen LogP contribution in [0, 0.1) is 6.92 Å². The highest BCUT2D eigenvalue weighted by molar-refractivity contribution is 7.98. The lowest BCUT2D eigenvalue weighted by Gasteiger charge is -2.15. The first-order valence-corrected chi connectivity index (χ1v) is 9.78. The van der Waals surface area contributed by atoms with E-state index in [1.807, 2.05) is 73.7 Å². The van der Waals surface area contributed by atoms with E-state index in [9.17, 15) is 4.79 Å². The summed E-state index contributed by atoms with van der Waals surface area (Å²) in [5.74, 6) is 0.944. The summed E-state index contributed by atoms with van der Waals surface area (Å²) in [5.41, 5.74) is 2.91. The molecule has 0 radical (unpaired) electrons. The summed E-state index contributed by atoms with van der Waals surface area (Å²) in [6, 6.07) is 15.7. The van der Waals surface area contributed by atoms with Crippen LogP contribution in [0.1, 0.15) is 11.5 Å². The van der Waals surface area contributed by atoms with Gasteiger partial charge in [0.1, 0.15) is 0 Å². The highest BCUT2D eigenvalue weighted by Gasteiger charge is 2.14. The van der Waals surface area contributed by atoms with Crippen molar-refractivity contribution in [3.8, 4) is 11.4 Å². The van der Waals surface area contributed by atoms with Gasteiger partial charge in [0.2, 0.25) is 17.6 Å². The molecular weight excluding hydrogens is 360 g/mol. The molecule has 7 heteroatoms. The number of thioether (sulfide) groups is 1. The predicted molar refractivity (Wildman–Crippen MR) is 108 cm³/mol. The molecule has 1 aromatic heterocycles. The van der Waals surface area contributed by atoms with Crippen LogP contribution in [-0.4, -0.2) is 40.8 Å². The quantitative estimate of drug-likeness (QED) is 0.626. The van der Waals surface area contributed by atoms with Crippen LogP contribution in [0.15, 0.2) is 57.9 Å². The molecule has 1 heterocycles. The Hall–Kier alpha value is -2.64. The van der Waals surface area contributed by atoms with Gasteiger partial charge < -0.3 is 9.84 Å². The van der Waals surface area contributed by atoms with Crippen LogP contribution >= 0.6 is 11.8 Å².